The Morgan fingerprint density at radius 3 is 2.55 bits per heavy atom. The summed E-state index contributed by atoms with van der Waals surface area (Å²) in [4.78, 5) is 29.0. The molecule has 31 heavy (non-hydrogen) atoms. The van der Waals surface area contributed by atoms with Crippen LogP contribution in [0, 0.1) is 5.92 Å². The van der Waals surface area contributed by atoms with Crippen LogP contribution < -0.4 is 5.32 Å². The molecule has 1 aromatic heterocycles. The number of amides is 2. The van der Waals surface area contributed by atoms with Crippen molar-refractivity contribution < 1.29 is 14.3 Å². The number of aromatic nitrogens is 2. The molecule has 7 nitrogen and oxygen atoms in total. The third kappa shape index (κ3) is 4.22. The highest BCUT2D eigenvalue weighted by molar-refractivity contribution is 6.30. The second-order valence-electron chi connectivity index (χ2n) is 7.13. The highest BCUT2D eigenvalue weighted by Gasteiger charge is 2.40. The fourth-order valence-electron chi connectivity index (χ4n) is 3.68. The standard InChI is InChI=1S/C23H21ClN4O3/c1-3-31-22(29)19-14(2)25-23(30)26-21(19)18-13-28(17-7-5-4-6-8-17)27-20(18)15-9-11-16(24)12-10-15/h4-13,19,21H,3H2,1-2H3,(H,26,30). The van der Waals surface area contributed by atoms with Gasteiger partial charge in [0, 0.05) is 28.1 Å². The van der Waals surface area contributed by atoms with Crippen LogP contribution in [0.3, 0.4) is 0 Å². The zero-order valence-corrected chi connectivity index (χ0v) is 17.8. The molecule has 2 amide bonds. The van der Waals surface area contributed by atoms with Crippen molar-refractivity contribution in [1.82, 2.24) is 15.1 Å². The van der Waals surface area contributed by atoms with Gasteiger partial charge in [0.25, 0.3) is 0 Å². The van der Waals surface area contributed by atoms with Crippen molar-refractivity contribution in [2.75, 3.05) is 6.61 Å². The minimum absolute atomic E-state index is 0.233. The number of nitrogens with one attached hydrogen (secondary N) is 1. The highest BCUT2D eigenvalue weighted by Crippen LogP contribution is 2.35. The third-order valence-corrected chi connectivity index (χ3v) is 5.35. The molecule has 2 atom stereocenters. The molecule has 8 heteroatoms. The van der Waals surface area contributed by atoms with Gasteiger partial charge in [-0.15, -0.1) is 0 Å². The van der Waals surface area contributed by atoms with Crippen molar-refractivity contribution in [2.24, 2.45) is 10.9 Å². The fourth-order valence-corrected chi connectivity index (χ4v) is 3.80. The van der Waals surface area contributed by atoms with E-state index in [-0.39, 0.29) is 6.61 Å². The molecule has 0 radical (unpaired) electrons. The molecule has 1 aliphatic rings. The second-order valence-corrected chi connectivity index (χ2v) is 7.57. The average molecular weight is 437 g/mol. The summed E-state index contributed by atoms with van der Waals surface area (Å²) in [5.41, 5.74) is 3.39. The Hall–Kier alpha value is -3.45. The number of hydrogen-bond donors (Lipinski definition) is 1. The van der Waals surface area contributed by atoms with Crippen LogP contribution in [0.5, 0.6) is 0 Å². The van der Waals surface area contributed by atoms with Crippen molar-refractivity contribution in [2.45, 2.75) is 19.9 Å². The summed E-state index contributed by atoms with van der Waals surface area (Å²) in [5.74, 6) is -1.19. The zero-order chi connectivity index (χ0) is 22.0. The Morgan fingerprint density at radius 1 is 1.16 bits per heavy atom. The van der Waals surface area contributed by atoms with E-state index in [1.54, 1.807) is 30.7 Å². The Morgan fingerprint density at radius 2 is 1.87 bits per heavy atom. The lowest BCUT2D eigenvalue weighted by Crippen LogP contribution is -2.44. The van der Waals surface area contributed by atoms with Crippen molar-refractivity contribution in [1.29, 1.82) is 0 Å². The van der Waals surface area contributed by atoms with Gasteiger partial charge in [-0.25, -0.2) is 14.5 Å². The van der Waals surface area contributed by atoms with Crippen LogP contribution in [0.15, 0.2) is 65.8 Å². The first-order valence-corrected chi connectivity index (χ1v) is 10.3. The first-order chi connectivity index (χ1) is 15.0. The van der Waals surface area contributed by atoms with Gasteiger partial charge in [-0.05, 0) is 38.1 Å². The van der Waals surface area contributed by atoms with Crippen LogP contribution in [-0.2, 0) is 9.53 Å². The average Bonchev–Trinajstić information content (AvgIpc) is 3.20. The lowest BCUT2D eigenvalue weighted by Gasteiger charge is -2.29. The summed E-state index contributed by atoms with van der Waals surface area (Å²) in [7, 11) is 0. The number of nitrogens with zero attached hydrogens (tertiary/aromatic N) is 3. The van der Waals surface area contributed by atoms with E-state index in [1.165, 1.54) is 0 Å². The van der Waals surface area contributed by atoms with Crippen LogP contribution in [-0.4, -0.2) is 34.1 Å². The maximum atomic E-state index is 12.8. The van der Waals surface area contributed by atoms with E-state index in [0.29, 0.717) is 22.0 Å². The molecule has 1 N–H and O–H groups in total. The monoisotopic (exact) mass is 436 g/mol. The number of ether oxygens (including phenoxy) is 1. The number of carbonyl (C=O) groups excluding carboxylic acids is 2. The largest absolute Gasteiger partial charge is 0.465 e. The predicted molar refractivity (Wildman–Crippen MR) is 119 cm³/mol. The van der Waals surface area contributed by atoms with Gasteiger partial charge in [0.05, 0.1) is 24.0 Å². The maximum Gasteiger partial charge on any atom is 0.341 e. The Labute approximate surface area is 184 Å². The molecule has 0 saturated carbocycles. The number of esters is 1. The Bertz CT molecular complexity index is 1140. The van der Waals surface area contributed by atoms with E-state index in [4.69, 9.17) is 21.4 Å². The molecule has 2 unspecified atom stereocenters. The molecule has 0 fully saturated rings. The van der Waals surface area contributed by atoms with E-state index < -0.39 is 24.0 Å². The molecule has 2 aromatic carbocycles. The third-order valence-electron chi connectivity index (χ3n) is 5.10. The number of rotatable bonds is 5. The number of halogens is 1. The molecule has 0 saturated heterocycles. The van der Waals surface area contributed by atoms with Gasteiger partial charge in [-0.3, -0.25) is 4.79 Å². The normalized spacial score (nSPS) is 18.3. The topological polar surface area (TPSA) is 85.6 Å². The van der Waals surface area contributed by atoms with Gasteiger partial charge in [0.15, 0.2) is 0 Å². The summed E-state index contributed by atoms with van der Waals surface area (Å²) < 4.78 is 7.01. The SMILES string of the molecule is CCOC(=O)C1C(C)=NC(=O)NC1c1cn(-c2ccccc2)nc1-c1ccc(Cl)cc1. The molecule has 1 aliphatic heterocycles. The molecule has 0 spiro atoms. The molecule has 4 rings (SSSR count). The van der Waals surface area contributed by atoms with E-state index in [0.717, 1.165) is 11.3 Å². The van der Waals surface area contributed by atoms with Crippen molar-refractivity contribution in [3.8, 4) is 16.9 Å². The van der Waals surface area contributed by atoms with Gasteiger partial charge in [0.1, 0.15) is 5.92 Å². The van der Waals surface area contributed by atoms with Crippen molar-refractivity contribution >= 4 is 29.3 Å². The van der Waals surface area contributed by atoms with Crippen LogP contribution in [0.1, 0.15) is 25.5 Å². The lowest BCUT2D eigenvalue weighted by atomic mass is 9.87. The smallest absolute Gasteiger partial charge is 0.341 e. The van der Waals surface area contributed by atoms with Crippen molar-refractivity contribution in [3.63, 3.8) is 0 Å². The summed E-state index contributed by atoms with van der Waals surface area (Å²) in [6, 6.07) is 15.7. The summed E-state index contributed by atoms with van der Waals surface area (Å²) >= 11 is 6.07. The van der Waals surface area contributed by atoms with E-state index in [2.05, 4.69) is 10.3 Å². The quantitative estimate of drug-likeness (QED) is 0.592. The number of carbonyl (C=O) groups is 2. The summed E-state index contributed by atoms with van der Waals surface area (Å²) in [6.45, 7) is 3.64. The van der Waals surface area contributed by atoms with Crippen molar-refractivity contribution in [3.05, 3.63) is 71.4 Å². The van der Waals surface area contributed by atoms with E-state index >= 15 is 0 Å². The summed E-state index contributed by atoms with van der Waals surface area (Å²) in [5, 5.41) is 8.21. The number of urea groups is 1. The molecular weight excluding hydrogens is 416 g/mol. The van der Waals surface area contributed by atoms with Crippen LogP contribution >= 0.6 is 11.6 Å². The minimum Gasteiger partial charge on any atom is -0.465 e. The first-order valence-electron chi connectivity index (χ1n) is 9.91. The van der Waals surface area contributed by atoms with Gasteiger partial charge in [-0.2, -0.15) is 5.10 Å². The minimum atomic E-state index is -0.753. The zero-order valence-electron chi connectivity index (χ0n) is 17.1. The maximum absolute atomic E-state index is 12.8. The number of para-hydroxylation sites is 1. The molecule has 0 aliphatic carbocycles. The fraction of sp³-hybridized carbons (Fsp3) is 0.217. The molecule has 3 aromatic rings. The summed E-state index contributed by atoms with van der Waals surface area (Å²) in [6.07, 6.45) is 1.83. The highest BCUT2D eigenvalue weighted by atomic mass is 35.5. The number of aliphatic imine (C=N–C) groups is 1. The number of benzene rings is 2. The Kier molecular flexibility index (Phi) is 5.86. The second kappa shape index (κ2) is 8.73. The van der Waals surface area contributed by atoms with Crippen LogP contribution in [0.25, 0.3) is 16.9 Å². The van der Waals surface area contributed by atoms with Gasteiger partial charge < -0.3 is 10.1 Å². The van der Waals surface area contributed by atoms with Gasteiger partial charge in [-0.1, -0.05) is 41.9 Å². The molecule has 158 valence electrons. The van der Waals surface area contributed by atoms with Gasteiger partial charge in [0.2, 0.25) is 0 Å². The first kappa shape index (κ1) is 20.8. The Balaban J connectivity index is 1.88. The van der Waals surface area contributed by atoms with Crippen LogP contribution in [0.4, 0.5) is 4.79 Å². The molecule has 0 bridgehead atoms. The van der Waals surface area contributed by atoms with E-state index in [1.807, 2.05) is 48.7 Å². The predicted octanol–water partition coefficient (Wildman–Crippen LogP) is 4.60. The molecule has 2 heterocycles. The number of hydrogen-bond acceptors (Lipinski definition) is 4. The van der Waals surface area contributed by atoms with Gasteiger partial charge >= 0.3 is 12.0 Å². The van der Waals surface area contributed by atoms with Crippen LogP contribution in [0.2, 0.25) is 5.02 Å². The molecular formula is C23H21ClN4O3. The van der Waals surface area contributed by atoms with E-state index in [9.17, 15) is 9.59 Å². The lowest BCUT2D eigenvalue weighted by molar-refractivity contribution is -0.146.